The second-order valence-corrected chi connectivity index (χ2v) is 7.71. The van der Waals surface area contributed by atoms with Crippen LogP contribution in [0.4, 0.5) is 13.2 Å². The van der Waals surface area contributed by atoms with Crippen molar-refractivity contribution in [1.82, 2.24) is 4.57 Å². The summed E-state index contributed by atoms with van der Waals surface area (Å²) in [5.74, 6) is 4.28. The molecule has 0 aliphatic carbocycles. The number of carbonyl (C=O) groups is 1. The minimum absolute atomic E-state index is 0.120. The van der Waals surface area contributed by atoms with Crippen LogP contribution in [-0.2, 0) is 13.0 Å². The third kappa shape index (κ3) is 5.37. The average Bonchev–Trinajstić information content (AvgIpc) is 3.05. The summed E-state index contributed by atoms with van der Waals surface area (Å²) < 4.78 is 39.8. The first-order chi connectivity index (χ1) is 13.8. The molecule has 29 heavy (non-hydrogen) atoms. The van der Waals surface area contributed by atoms with Gasteiger partial charge in [0.05, 0.1) is 17.0 Å². The molecule has 0 atom stereocenters. The number of rotatable bonds is 5. The fraction of sp³-hybridized carbons (Fsp3) is 0.143. The van der Waals surface area contributed by atoms with E-state index in [1.54, 1.807) is 0 Å². The summed E-state index contributed by atoms with van der Waals surface area (Å²) in [6.07, 6.45) is -2.01. The quantitative estimate of drug-likeness (QED) is 0.427. The number of hydrogen-bond acceptors (Lipinski definition) is 3. The maximum atomic E-state index is 13.7. The van der Waals surface area contributed by atoms with Crippen molar-refractivity contribution in [3.8, 4) is 11.8 Å². The summed E-state index contributed by atoms with van der Waals surface area (Å²) in [6, 6.07) is 11.7. The van der Waals surface area contributed by atoms with Gasteiger partial charge in [-0.1, -0.05) is 41.6 Å². The highest BCUT2D eigenvalue weighted by Gasteiger charge is 2.16. The predicted octanol–water partition coefficient (Wildman–Crippen LogP) is 4.79. The van der Waals surface area contributed by atoms with E-state index in [1.807, 2.05) is 30.3 Å². The molecule has 0 spiro atoms. The fourth-order valence-electron chi connectivity index (χ4n) is 2.56. The van der Waals surface area contributed by atoms with Crippen molar-refractivity contribution >= 4 is 28.7 Å². The zero-order valence-electron chi connectivity index (χ0n) is 14.8. The molecular weight excluding hydrogens is 423 g/mol. The number of aromatic nitrogens is 1. The average molecular weight is 436 g/mol. The molecule has 0 radical (unpaired) electrons. The van der Waals surface area contributed by atoms with Crippen LogP contribution in [0.5, 0.6) is 0 Å². The first-order valence-electron chi connectivity index (χ1n) is 8.40. The predicted molar refractivity (Wildman–Crippen MR) is 106 cm³/mol. The molecule has 0 fully saturated rings. The summed E-state index contributed by atoms with van der Waals surface area (Å²) in [5.41, 5.74) is 0.241. The van der Waals surface area contributed by atoms with Crippen molar-refractivity contribution in [1.29, 1.82) is 0 Å². The number of nitrogens with zero attached hydrogens (tertiary/aromatic N) is 1. The number of carbonyl (C=O) groups excluding carboxylic acids is 1. The van der Waals surface area contributed by atoms with E-state index >= 15 is 0 Å². The van der Waals surface area contributed by atoms with E-state index in [-0.39, 0.29) is 17.8 Å². The van der Waals surface area contributed by atoms with Crippen molar-refractivity contribution in [3.05, 3.63) is 90.7 Å². The number of Topliss-reactive ketones (excluding diaryl/α,β-unsaturated/α-hetero) is 1. The van der Waals surface area contributed by atoms with E-state index in [1.165, 1.54) is 6.07 Å². The van der Waals surface area contributed by atoms with Gasteiger partial charge < -0.3 is 4.57 Å². The normalized spacial score (nSPS) is 10.7. The standard InChI is InChI=1S/C21H13ClF3NO2S/c22-20-15(7-6-13-4-2-1-3-5-13)10-18(29-20)17(27)9-14-8-16(23)21(28)26(11-14)12-19(24)25/h1-5,8,10-11,19H,9,12H2. The van der Waals surface area contributed by atoms with E-state index in [9.17, 15) is 22.8 Å². The summed E-state index contributed by atoms with van der Waals surface area (Å²) in [5, 5.41) is 0. The molecule has 0 amide bonds. The zero-order chi connectivity index (χ0) is 21.0. The number of hydrogen-bond donors (Lipinski definition) is 0. The number of benzene rings is 1. The Morgan fingerprint density at radius 1 is 1.17 bits per heavy atom. The minimum atomic E-state index is -2.82. The van der Waals surface area contributed by atoms with Gasteiger partial charge in [0, 0.05) is 18.2 Å². The van der Waals surface area contributed by atoms with E-state index < -0.39 is 24.3 Å². The topological polar surface area (TPSA) is 39.1 Å². The molecule has 0 N–H and O–H groups in total. The lowest BCUT2D eigenvalue weighted by atomic mass is 10.1. The van der Waals surface area contributed by atoms with Crippen LogP contribution in [0, 0.1) is 17.7 Å². The Bertz CT molecular complexity index is 1160. The number of halogens is 4. The van der Waals surface area contributed by atoms with Crippen LogP contribution in [0.3, 0.4) is 0 Å². The third-order valence-corrected chi connectivity index (χ3v) is 5.27. The lowest BCUT2D eigenvalue weighted by Crippen LogP contribution is -2.26. The summed E-state index contributed by atoms with van der Waals surface area (Å²) >= 11 is 7.19. The van der Waals surface area contributed by atoms with Gasteiger partial charge in [-0.15, -0.1) is 11.3 Å². The Morgan fingerprint density at radius 2 is 1.90 bits per heavy atom. The Hall–Kier alpha value is -2.82. The largest absolute Gasteiger partial charge is 0.307 e. The molecular formula is C21H13ClF3NO2S. The van der Waals surface area contributed by atoms with Crippen LogP contribution < -0.4 is 5.56 Å². The lowest BCUT2D eigenvalue weighted by molar-refractivity contribution is 0.0996. The molecule has 3 aromatic rings. The molecule has 0 saturated carbocycles. The molecule has 8 heteroatoms. The molecule has 1 aromatic carbocycles. The first-order valence-corrected chi connectivity index (χ1v) is 9.59. The van der Waals surface area contributed by atoms with Crippen molar-refractivity contribution in [2.24, 2.45) is 0 Å². The van der Waals surface area contributed by atoms with E-state index in [2.05, 4.69) is 11.8 Å². The Labute approximate surface area is 173 Å². The molecule has 0 aliphatic rings. The van der Waals surface area contributed by atoms with Gasteiger partial charge in [-0.2, -0.15) is 0 Å². The highest BCUT2D eigenvalue weighted by molar-refractivity contribution is 7.18. The second kappa shape index (κ2) is 9.12. The van der Waals surface area contributed by atoms with Crippen molar-refractivity contribution in [2.45, 2.75) is 19.4 Å². The Kier molecular flexibility index (Phi) is 6.57. The monoisotopic (exact) mass is 435 g/mol. The van der Waals surface area contributed by atoms with Gasteiger partial charge in [0.1, 0.15) is 4.34 Å². The van der Waals surface area contributed by atoms with Gasteiger partial charge in [-0.25, -0.2) is 13.2 Å². The maximum absolute atomic E-state index is 13.7. The van der Waals surface area contributed by atoms with Gasteiger partial charge >= 0.3 is 0 Å². The fourth-order valence-corrected chi connectivity index (χ4v) is 3.69. The van der Waals surface area contributed by atoms with Crippen LogP contribution in [-0.4, -0.2) is 16.8 Å². The van der Waals surface area contributed by atoms with Crippen LogP contribution in [0.15, 0.2) is 53.5 Å². The SMILES string of the molecule is O=C(Cc1cc(F)c(=O)n(CC(F)F)c1)c1cc(C#Cc2ccccc2)c(Cl)s1. The van der Waals surface area contributed by atoms with Crippen LogP contribution in [0.25, 0.3) is 0 Å². The highest BCUT2D eigenvalue weighted by Crippen LogP contribution is 2.28. The van der Waals surface area contributed by atoms with Gasteiger partial charge in [0.2, 0.25) is 0 Å². The minimum Gasteiger partial charge on any atom is -0.307 e. The molecule has 0 saturated heterocycles. The van der Waals surface area contributed by atoms with Gasteiger partial charge in [-0.3, -0.25) is 9.59 Å². The number of alkyl halides is 2. The van der Waals surface area contributed by atoms with Crippen molar-refractivity contribution in [2.75, 3.05) is 0 Å². The van der Waals surface area contributed by atoms with Gasteiger partial charge in [-0.05, 0) is 29.8 Å². The molecule has 2 aromatic heterocycles. The number of ketones is 1. The molecule has 3 rings (SSSR count). The number of thiophene rings is 1. The van der Waals surface area contributed by atoms with E-state index in [0.717, 1.165) is 29.2 Å². The summed E-state index contributed by atoms with van der Waals surface area (Å²) in [6.45, 7) is -0.943. The maximum Gasteiger partial charge on any atom is 0.286 e. The smallest absolute Gasteiger partial charge is 0.286 e. The first kappa shape index (κ1) is 20.9. The van der Waals surface area contributed by atoms with Crippen LogP contribution in [0.2, 0.25) is 4.34 Å². The van der Waals surface area contributed by atoms with Gasteiger partial charge in [0.25, 0.3) is 12.0 Å². The molecule has 148 valence electrons. The Balaban J connectivity index is 1.81. The van der Waals surface area contributed by atoms with Crippen LogP contribution in [0.1, 0.15) is 26.4 Å². The molecule has 3 nitrogen and oxygen atoms in total. The number of pyridine rings is 1. The Morgan fingerprint density at radius 3 is 2.59 bits per heavy atom. The third-order valence-electron chi connectivity index (χ3n) is 3.88. The molecule has 0 unspecified atom stereocenters. The van der Waals surface area contributed by atoms with Gasteiger partial charge in [0.15, 0.2) is 11.6 Å². The highest BCUT2D eigenvalue weighted by atomic mass is 35.5. The van der Waals surface area contributed by atoms with Crippen molar-refractivity contribution < 1.29 is 18.0 Å². The lowest BCUT2D eigenvalue weighted by Gasteiger charge is -2.08. The molecule has 0 bridgehead atoms. The summed E-state index contributed by atoms with van der Waals surface area (Å²) in [7, 11) is 0. The second-order valence-electron chi connectivity index (χ2n) is 6.06. The van der Waals surface area contributed by atoms with Crippen molar-refractivity contribution in [3.63, 3.8) is 0 Å². The van der Waals surface area contributed by atoms with E-state index in [4.69, 9.17) is 11.6 Å². The summed E-state index contributed by atoms with van der Waals surface area (Å²) in [4.78, 5) is 24.4. The molecule has 2 heterocycles. The zero-order valence-corrected chi connectivity index (χ0v) is 16.4. The van der Waals surface area contributed by atoms with E-state index in [0.29, 0.717) is 19.3 Å². The van der Waals surface area contributed by atoms with Crippen LogP contribution >= 0.6 is 22.9 Å². The molecule has 0 aliphatic heterocycles.